The number of ether oxygens (including phenoxy) is 1. The van der Waals surface area contributed by atoms with Crippen molar-refractivity contribution in [1.82, 2.24) is 5.32 Å². The number of nitrogens with one attached hydrogen (secondary N) is 1. The molecule has 0 saturated heterocycles. The van der Waals surface area contributed by atoms with Gasteiger partial charge in [0.1, 0.15) is 12.4 Å². The fourth-order valence-electron chi connectivity index (χ4n) is 1.79. The lowest BCUT2D eigenvalue weighted by molar-refractivity contribution is 0.126. The van der Waals surface area contributed by atoms with Crippen LogP contribution in [0.15, 0.2) is 53.0 Å². The van der Waals surface area contributed by atoms with E-state index >= 15 is 0 Å². The highest BCUT2D eigenvalue weighted by Gasteiger charge is 2.12. The van der Waals surface area contributed by atoms with Gasteiger partial charge in [0.15, 0.2) is 0 Å². The Balaban J connectivity index is 1.79. The second-order valence-corrected chi connectivity index (χ2v) is 5.49. The lowest BCUT2D eigenvalue weighted by atomic mass is 10.1. The summed E-state index contributed by atoms with van der Waals surface area (Å²) < 4.78 is 18.4. The third kappa shape index (κ3) is 4.82. The van der Waals surface area contributed by atoms with Gasteiger partial charge in [0.25, 0.3) is 0 Å². The fourth-order valence-corrected chi connectivity index (χ4v) is 2.19. The van der Waals surface area contributed by atoms with Gasteiger partial charge in [-0.1, -0.05) is 36.4 Å². The molecule has 1 amide bonds. The third-order valence-electron chi connectivity index (χ3n) is 2.98. The molecule has 116 valence electrons. The molecule has 0 heterocycles. The lowest BCUT2D eigenvalue weighted by Gasteiger charge is -2.13. The summed E-state index contributed by atoms with van der Waals surface area (Å²) in [6.07, 6.45) is -1.56. The molecule has 2 aromatic carbocycles. The molecule has 1 atom stereocenters. The van der Waals surface area contributed by atoms with Crippen molar-refractivity contribution >= 4 is 22.0 Å². The molecule has 0 fully saturated rings. The Bertz CT molecular complexity index is 637. The monoisotopic (exact) mass is 367 g/mol. The number of halogens is 2. The summed E-state index contributed by atoms with van der Waals surface area (Å²) in [7, 11) is 0. The Labute approximate surface area is 136 Å². The fraction of sp³-hybridized carbons (Fsp3) is 0.188. The summed E-state index contributed by atoms with van der Waals surface area (Å²) in [6, 6.07) is 13.5. The zero-order valence-corrected chi connectivity index (χ0v) is 13.2. The number of hydrogen-bond donors (Lipinski definition) is 2. The number of carbonyl (C=O) groups excluding carboxylic acids is 1. The van der Waals surface area contributed by atoms with E-state index in [-0.39, 0.29) is 17.6 Å². The maximum absolute atomic E-state index is 13.1. The van der Waals surface area contributed by atoms with Crippen LogP contribution in [0.1, 0.15) is 17.2 Å². The average Bonchev–Trinajstić information content (AvgIpc) is 2.54. The highest BCUT2D eigenvalue weighted by molar-refractivity contribution is 9.10. The molecule has 0 bridgehead atoms. The van der Waals surface area contributed by atoms with Crippen molar-refractivity contribution in [2.75, 3.05) is 6.54 Å². The molecule has 0 aromatic heterocycles. The molecule has 0 aliphatic carbocycles. The molecule has 6 heteroatoms. The molecule has 4 nitrogen and oxygen atoms in total. The van der Waals surface area contributed by atoms with Gasteiger partial charge in [-0.05, 0) is 39.2 Å². The maximum atomic E-state index is 13.1. The first-order chi connectivity index (χ1) is 10.6. The normalized spacial score (nSPS) is 11.8. The molecule has 2 N–H and O–H groups in total. The minimum atomic E-state index is -0.943. The largest absolute Gasteiger partial charge is 0.445 e. The Morgan fingerprint density at radius 1 is 1.27 bits per heavy atom. The number of carbonyl (C=O) groups is 1. The van der Waals surface area contributed by atoms with Crippen LogP contribution in [-0.2, 0) is 11.3 Å². The van der Waals surface area contributed by atoms with E-state index in [2.05, 4.69) is 21.2 Å². The lowest BCUT2D eigenvalue weighted by Crippen LogP contribution is -2.28. The van der Waals surface area contributed by atoms with Crippen LogP contribution in [0.5, 0.6) is 0 Å². The molecular weight excluding hydrogens is 353 g/mol. The number of rotatable bonds is 5. The first-order valence-corrected chi connectivity index (χ1v) is 7.43. The van der Waals surface area contributed by atoms with E-state index < -0.39 is 18.0 Å². The minimum absolute atomic E-state index is 0.0221. The van der Waals surface area contributed by atoms with Crippen LogP contribution >= 0.6 is 15.9 Å². The van der Waals surface area contributed by atoms with Crippen LogP contribution in [-0.4, -0.2) is 17.7 Å². The summed E-state index contributed by atoms with van der Waals surface area (Å²) in [5.41, 5.74) is 1.37. The maximum Gasteiger partial charge on any atom is 0.407 e. The molecule has 2 rings (SSSR count). The van der Waals surface area contributed by atoms with E-state index in [9.17, 15) is 14.3 Å². The molecule has 0 radical (unpaired) electrons. The minimum Gasteiger partial charge on any atom is -0.445 e. The average molecular weight is 368 g/mol. The smallest absolute Gasteiger partial charge is 0.407 e. The Morgan fingerprint density at radius 3 is 2.68 bits per heavy atom. The van der Waals surface area contributed by atoms with Gasteiger partial charge in [-0.25, -0.2) is 9.18 Å². The van der Waals surface area contributed by atoms with Gasteiger partial charge in [0.05, 0.1) is 17.1 Å². The van der Waals surface area contributed by atoms with Crippen molar-refractivity contribution in [3.63, 3.8) is 0 Å². The van der Waals surface area contributed by atoms with E-state index in [1.54, 1.807) is 0 Å². The second kappa shape index (κ2) is 7.91. The van der Waals surface area contributed by atoms with Crippen molar-refractivity contribution in [2.45, 2.75) is 12.7 Å². The Hall–Kier alpha value is -1.92. The van der Waals surface area contributed by atoms with Crippen molar-refractivity contribution in [1.29, 1.82) is 0 Å². The van der Waals surface area contributed by atoms with Crippen LogP contribution in [0, 0.1) is 5.82 Å². The van der Waals surface area contributed by atoms with Crippen LogP contribution in [0.3, 0.4) is 0 Å². The third-order valence-corrected chi connectivity index (χ3v) is 3.59. The zero-order valence-electron chi connectivity index (χ0n) is 11.6. The van der Waals surface area contributed by atoms with Crippen LogP contribution in [0.4, 0.5) is 9.18 Å². The van der Waals surface area contributed by atoms with Gasteiger partial charge in [-0.2, -0.15) is 0 Å². The van der Waals surface area contributed by atoms with E-state index in [0.29, 0.717) is 5.56 Å². The van der Waals surface area contributed by atoms with E-state index in [1.807, 2.05) is 30.3 Å². The van der Waals surface area contributed by atoms with Crippen molar-refractivity contribution < 1.29 is 19.0 Å². The van der Waals surface area contributed by atoms with E-state index in [1.165, 1.54) is 18.2 Å². The van der Waals surface area contributed by atoms with Gasteiger partial charge >= 0.3 is 6.09 Å². The Kier molecular flexibility index (Phi) is 5.91. The van der Waals surface area contributed by atoms with E-state index in [0.717, 1.165) is 5.56 Å². The van der Waals surface area contributed by atoms with Gasteiger partial charge < -0.3 is 15.2 Å². The molecular formula is C16H15BrFNO3. The SMILES string of the molecule is O=C(NC[C@@H](O)c1ccc(F)c(Br)c1)OCc1ccccc1. The Morgan fingerprint density at radius 2 is 2.00 bits per heavy atom. The van der Waals surface area contributed by atoms with Crippen LogP contribution in [0.25, 0.3) is 0 Å². The quantitative estimate of drug-likeness (QED) is 0.849. The summed E-state index contributed by atoms with van der Waals surface area (Å²) in [5.74, 6) is -0.411. The molecule has 0 unspecified atom stereocenters. The summed E-state index contributed by atoms with van der Waals surface area (Å²) in [5, 5.41) is 12.4. The van der Waals surface area contributed by atoms with Gasteiger partial charge in [-0.3, -0.25) is 0 Å². The number of benzene rings is 2. The van der Waals surface area contributed by atoms with Gasteiger partial charge in [0.2, 0.25) is 0 Å². The molecule has 22 heavy (non-hydrogen) atoms. The summed E-state index contributed by atoms with van der Waals surface area (Å²) in [6.45, 7) is 0.135. The predicted octanol–water partition coefficient (Wildman–Crippen LogP) is 3.55. The molecule has 0 spiro atoms. The van der Waals surface area contributed by atoms with Crippen LogP contribution in [0.2, 0.25) is 0 Å². The number of amides is 1. The van der Waals surface area contributed by atoms with Gasteiger partial charge in [-0.15, -0.1) is 0 Å². The van der Waals surface area contributed by atoms with Crippen molar-refractivity contribution in [3.05, 3.63) is 69.9 Å². The highest BCUT2D eigenvalue weighted by Crippen LogP contribution is 2.21. The molecule has 0 saturated carbocycles. The van der Waals surface area contributed by atoms with Crippen molar-refractivity contribution in [3.8, 4) is 0 Å². The molecule has 0 aliphatic heterocycles. The van der Waals surface area contributed by atoms with E-state index in [4.69, 9.17) is 4.74 Å². The van der Waals surface area contributed by atoms with Crippen molar-refractivity contribution in [2.24, 2.45) is 0 Å². The second-order valence-electron chi connectivity index (χ2n) is 4.63. The first kappa shape index (κ1) is 16.5. The van der Waals surface area contributed by atoms with Crippen LogP contribution < -0.4 is 5.32 Å². The summed E-state index contributed by atoms with van der Waals surface area (Å²) in [4.78, 5) is 11.6. The highest BCUT2D eigenvalue weighted by atomic mass is 79.9. The molecule has 2 aromatic rings. The summed E-state index contributed by atoms with van der Waals surface area (Å²) >= 11 is 3.05. The number of aliphatic hydroxyl groups excluding tert-OH is 1. The van der Waals surface area contributed by atoms with Gasteiger partial charge in [0, 0.05) is 0 Å². The standard InChI is InChI=1S/C16H15BrFNO3/c17-13-8-12(6-7-14(13)18)15(20)9-19-16(21)22-10-11-4-2-1-3-5-11/h1-8,15,20H,9-10H2,(H,19,21)/t15-/m1/s1. The zero-order chi connectivity index (χ0) is 15.9. The predicted molar refractivity (Wildman–Crippen MR) is 83.7 cm³/mol. The number of alkyl carbamates (subject to hydrolysis) is 1. The molecule has 0 aliphatic rings. The first-order valence-electron chi connectivity index (χ1n) is 6.64. The number of hydrogen-bond acceptors (Lipinski definition) is 3. The topological polar surface area (TPSA) is 58.6 Å². The number of aliphatic hydroxyl groups is 1.